The van der Waals surface area contributed by atoms with Crippen molar-refractivity contribution in [2.24, 2.45) is 11.8 Å². The van der Waals surface area contributed by atoms with E-state index in [-0.39, 0.29) is 25.5 Å². The molecule has 0 saturated carbocycles. The number of aliphatic hydroxyl groups is 1. The van der Waals surface area contributed by atoms with Gasteiger partial charge in [-0.3, -0.25) is 19.2 Å². The van der Waals surface area contributed by atoms with Gasteiger partial charge in [0.25, 0.3) is 5.91 Å². The fraction of sp³-hybridized carbons (Fsp3) is 0.444. The summed E-state index contributed by atoms with van der Waals surface area (Å²) in [5.41, 5.74) is -0.197. The number of likely N-dealkylation sites (tertiary alicyclic amines) is 1. The van der Waals surface area contributed by atoms with E-state index in [2.05, 4.69) is 5.32 Å². The fourth-order valence-corrected chi connectivity index (χ4v) is 7.42. The van der Waals surface area contributed by atoms with Crippen molar-refractivity contribution in [1.82, 2.24) is 10.2 Å². The molecule has 8 atom stereocenters. The molecule has 0 unspecified atom stereocenters. The van der Waals surface area contributed by atoms with E-state index < -0.39 is 65.6 Å². The zero-order valence-corrected chi connectivity index (χ0v) is 26.8. The van der Waals surface area contributed by atoms with Crippen molar-refractivity contribution < 1.29 is 38.5 Å². The third kappa shape index (κ3) is 5.72. The van der Waals surface area contributed by atoms with Crippen molar-refractivity contribution in [1.29, 1.82) is 0 Å². The predicted octanol–water partition coefficient (Wildman–Crippen LogP) is 3.09. The lowest BCUT2D eigenvalue weighted by molar-refractivity contribution is -0.161. The molecule has 4 heterocycles. The second kappa shape index (κ2) is 13.3. The SMILES string of the molecule is CC[C@@H](CO)N1C(=O)[C@H]2[C@@H]3C(=O)O[C@H](c4ccccc4)[C@@H](C)NC(=O)CC/C=C\CN(c4ccc(OC)cc4)C(=O)[C@H]1[C@@]21C=C[C@@H]3O1. The Kier molecular flexibility index (Phi) is 9.20. The number of benzene rings is 2. The zero-order valence-electron chi connectivity index (χ0n) is 26.8. The largest absolute Gasteiger partial charge is 0.497 e. The number of nitrogens with zero attached hydrogens (tertiary/aromatic N) is 2. The van der Waals surface area contributed by atoms with Crippen LogP contribution in [0.3, 0.4) is 0 Å². The molecule has 4 aliphatic rings. The van der Waals surface area contributed by atoms with E-state index in [0.717, 1.165) is 0 Å². The van der Waals surface area contributed by atoms with E-state index >= 15 is 0 Å². The summed E-state index contributed by atoms with van der Waals surface area (Å²) < 4.78 is 18.0. The number of carbonyl (C=O) groups excluding carboxylic acids is 4. The van der Waals surface area contributed by atoms with Crippen LogP contribution in [0.4, 0.5) is 5.69 Å². The lowest BCUT2D eigenvalue weighted by atomic mass is 9.74. The first-order valence-electron chi connectivity index (χ1n) is 16.2. The molecule has 3 amide bonds. The molecule has 1 spiro atoms. The highest BCUT2D eigenvalue weighted by molar-refractivity contribution is 6.05. The molecular weight excluding hydrogens is 602 g/mol. The minimum Gasteiger partial charge on any atom is -0.497 e. The summed E-state index contributed by atoms with van der Waals surface area (Å²) in [6, 6.07) is 13.7. The smallest absolute Gasteiger partial charge is 0.313 e. The van der Waals surface area contributed by atoms with Crippen LogP contribution in [-0.4, -0.2) is 83.8 Å². The number of fused-ring (bicyclic) bond motifs is 2. The molecule has 11 nitrogen and oxygen atoms in total. The van der Waals surface area contributed by atoms with Gasteiger partial charge < -0.3 is 34.4 Å². The van der Waals surface area contributed by atoms with Gasteiger partial charge >= 0.3 is 5.97 Å². The van der Waals surface area contributed by atoms with Crippen LogP contribution in [0.5, 0.6) is 5.75 Å². The van der Waals surface area contributed by atoms with Crippen molar-refractivity contribution in [3.63, 3.8) is 0 Å². The molecule has 2 aromatic carbocycles. The average molecular weight is 644 g/mol. The number of methoxy groups -OCH3 is 1. The second-order valence-corrected chi connectivity index (χ2v) is 12.5. The van der Waals surface area contributed by atoms with Gasteiger partial charge in [-0.25, -0.2) is 0 Å². The van der Waals surface area contributed by atoms with Gasteiger partial charge in [0.2, 0.25) is 11.8 Å². The number of ether oxygens (including phenoxy) is 3. The summed E-state index contributed by atoms with van der Waals surface area (Å²) in [4.78, 5) is 59.5. The monoisotopic (exact) mass is 643 g/mol. The number of carbonyl (C=O) groups is 4. The first kappa shape index (κ1) is 32.5. The molecule has 2 aromatic rings. The fourth-order valence-electron chi connectivity index (χ4n) is 7.42. The third-order valence-electron chi connectivity index (χ3n) is 9.75. The minimum absolute atomic E-state index is 0.146. The van der Waals surface area contributed by atoms with Gasteiger partial charge in [-0.2, -0.15) is 0 Å². The number of hydrogen-bond acceptors (Lipinski definition) is 8. The van der Waals surface area contributed by atoms with Gasteiger partial charge in [0, 0.05) is 18.7 Å². The van der Waals surface area contributed by atoms with Gasteiger partial charge in [-0.15, -0.1) is 0 Å². The van der Waals surface area contributed by atoms with Gasteiger partial charge in [0.1, 0.15) is 29.4 Å². The quantitative estimate of drug-likeness (QED) is 0.363. The molecule has 0 aliphatic carbocycles. The Morgan fingerprint density at radius 2 is 1.79 bits per heavy atom. The summed E-state index contributed by atoms with van der Waals surface area (Å²) in [5.74, 6) is -3.20. The molecule has 2 saturated heterocycles. The first-order chi connectivity index (χ1) is 22.7. The van der Waals surface area contributed by atoms with E-state index in [4.69, 9.17) is 14.2 Å². The number of amides is 3. The van der Waals surface area contributed by atoms with Crippen LogP contribution >= 0.6 is 0 Å². The third-order valence-corrected chi connectivity index (χ3v) is 9.75. The van der Waals surface area contributed by atoms with E-state index in [0.29, 0.717) is 29.8 Å². The van der Waals surface area contributed by atoms with Crippen molar-refractivity contribution >= 4 is 29.4 Å². The number of anilines is 1. The Morgan fingerprint density at radius 1 is 1.04 bits per heavy atom. The minimum atomic E-state index is -1.45. The Labute approximate surface area is 274 Å². The second-order valence-electron chi connectivity index (χ2n) is 12.5. The Morgan fingerprint density at radius 3 is 2.47 bits per heavy atom. The van der Waals surface area contributed by atoms with E-state index in [1.165, 1.54) is 4.90 Å². The number of esters is 1. The number of rotatable bonds is 6. The highest BCUT2D eigenvalue weighted by atomic mass is 16.6. The van der Waals surface area contributed by atoms with E-state index in [1.807, 2.05) is 49.4 Å². The van der Waals surface area contributed by atoms with Crippen LogP contribution in [0.15, 0.2) is 78.9 Å². The van der Waals surface area contributed by atoms with Gasteiger partial charge in [0.15, 0.2) is 0 Å². The van der Waals surface area contributed by atoms with Crippen molar-refractivity contribution in [3.8, 4) is 5.75 Å². The Balaban J connectivity index is 1.46. The maximum atomic E-state index is 14.9. The highest BCUT2D eigenvalue weighted by Crippen LogP contribution is 2.56. The average Bonchev–Trinajstić information content (AvgIpc) is 3.73. The number of aliphatic hydroxyl groups excluding tert-OH is 1. The topological polar surface area (TPSA) is 135 Å². The van der Waals surface area contributed by atoms with Crippen LogP contribution in [0.1, 0.15) is 44.8 Å². The first-order valence-corrected chi connectivity index (χ1v) is 16.2. The van der Waals surface area contributed by atoms with Crippen LogP contribution in [0, 0.1) is 11.8 Å². The molecule has 11 heteroatoms. The summed E-state index contributed by atoms with van der Waals surface area (Å²) >= 11 is 0. The summed E-state index contributed by atoms with van der Waals surface area (Å²) in [7, 11) is 1.56. The Hall–Kier alpha value is -4.48. The normalized spacial score (nSPS) is 32.2. The summed E-state index contributed by atoms with van der Waals surface area (Å²) in [5, 5.41) is 13.4. The molecule has 47 heavy (non-hydrogen) atoms. The van der Waals surface area contributed by atoms with Crippen LogP contribution in [-0.2, 0) is 28.7 Å². The van der Waals surface area contributed by atoms with Crippen LogP contribution in [0.2, 0.25) is 0 Å². The number of nitrogens with one attached hydrogen (secondary N) is 1. The van der Waals surface area contributed by atoms with Gasteiger partial charge in [-0.1, -0.05) is 61.6 Å². The van der Waals surface area contributed by atoms with Crippen molar-refractivity contribution in [2.45, 2.75) is 69.0 Å². The molecule has 6 rings (SSSR count). The lowest BCUT2D eigenvalue weighted by Gasteiger charge is -2.38. The highest BCUT2D eigenvalue weighted by Gasteiger charge is 2.74. The van der Waals surface area contributed by atoms with E-state index in [9.17, 15) is 24.3 Å². The molecule has 2 fully saturated rings. The van der Waals surface area contributed by atoms with Crippen LogP contribution < -0.4 is 15.0 Å². The van der Waals surface area contributed by atoms with E-state index in [1.54, 1.807) is 55.4 Å². The predicted molar refractivity (Wildman–Crippen MR) is 172 cm³/mol. The standard InChI is InChI=1S/C36H41N3O8/c1-4-24(21-40)39-32-34(43)38(25-14-16-26(45-3)17-15-25)20-10-6-9-13-28(41)37-22(2)31(23-11-7-5-8-12-23)46-35(44)29-27-18-19-36(32,47-27)30(29)33(39)42/h5-8,10-12,14-19,22,24,27,29-32,40H,4,9,13,20-21H2,1-3H3,(H,37,41)/b10-6-/t22-,24+,27+,29-,30-,31+,32+,36-/m1/s1. The molecule has 5 bridgehead atoms. The molecule has 0 aromatic heterocycles. The summed E-state index contributed by atoms with van der Waals surface area (Å²) in [6.45, 7) is 3.40. The molecular formula is C36H41N3O8. The van der Waals surface area contributed by atoms with Gasteiger partial charge in [0.05, 0.1) is 37.8 Å². The van der Waals surface area contributed by atoms with Gasteiger partial charge in [-0.05, 0) is 49.6 Å². The molecule has 2 N–H and O–H groups in total. The zero-order chi connectivity index (χ0) is 33.3. The molecule has 248 valence electrons. The maximum absolute atomic E-state index is 14.9. The number of cyclic esters (lactones) is 1. The van der Waals surface area contributed by atoms with Crippen molar-refractivity contribution in [2.75, 3.05) is 25.2 Å². The lowest BCUT2D eigenvalue weighted by Crippen LogP contribution is -2.58. The number of allylic oxidation sites excluding steroid dienone is 1. The maximum Gasteiger partial charge on any atom is 0.313 e. The number of hydrogen-bond donors (Lipinski definition) is 2. The molecule has 0 radical (unpaired) electrons. The van der Waals surface area contributed by atoms with Crippen LogP contribution in [0.25, 0.3) is 0 Å². The van der Waals surface area contributed by atoms with Crippen molar-refractivity contribution in [3.05, 3.63) is 84.5 Å². The summed E-state index contributed by atoms with van der Waals surface area (Å²) in [6.07, 6.45) is 6.49. The Bertz CT molecular complexity index is 1560. The molecule has 4 aliphatic heterocycles.